The number of carbonyl (C=O) groups excluding carboxylic acids is 1. The van der Waals surface area contributed by atoms with E-state index < -0.39 is 24.0 Å². The molecule has 8 heteroatoms. The molecule has 0 spiro atoms. The van der Waals surface area contributed by atoms with E-state index in [1.807, 2.05) is 0 Å². The van der Waals surface area contributed by atoms with Gasteiger partial charge in [0.15, 0.2) is 0 Å². The Bertz CT molecular complexity index is 307. The van der Waals surface area contributed by atoms with Gasteiger partial charge in [0.25, 0.3) is 0 Å². The summed E-state index contributed by atoms with van der Waals surface area (Å²) < 4.78 is 4.80. The van der Waals surface area contributed by atoms with Crippen molar-refractivity contribution in [2.75, 3.05) is 13.7 Å². The van der Waals surface area contributed by atoms with E-state index in [1.165, 1.54) is 7.11 Å². The van der Waals surface area contributed by atoms with Gasteiger partial charge in [0.05, 0.1) is 12.6 Å². The molecule has 1 unspecified atom stereocenters. The average Bonchev–Trinajstić information content (AvgIpc) is 2.23. The van der Waals surface area contributed by atoms with E-state index in [9.17, 15) is 14.4 Å². The summed E-state index contributed by atoms with van der Waals surface area (Å²) in [6.07, 6.45) is -0.498. The summed E-state index contributed by atoms with van der Waals surface area (Å²) in [7, 11) is 1.48. The number of hydrogen-bond donors (Lipinski definition) is 4. The summed E-state index contributed by atoms with van der Waals surface area (Å²) in [5.74, 6) is -2.39. The standard InChI is InChI=1S/C10H18N2O6/c1-6(5-18-2)11-10(17)12-7(9(15)16)3-4-8(13)14/h6-7H,3-5H2,1-2H3,(H,13,14)(H,15,16)(H2,11,12,17)/t6?,7-/m0/s1. The van der Waals surface area contributed by atoms with E-state index >= 15 is 0 Å². The third-order valence-corrected chi connectivity index (χ3v) is 2.04. The molecule has 8 nitrogen and oxygen atoms in total. The van der Waals surface area contributed by atoms with Crippen LogP contribution in [0.5, 0.6) is 0 Å². The number of urea groups is 1. The fraction of sp³-hybridized carbons (Fsp3) is 0.700. The Balaban J connectivity index is 4.19. The minimum atomic E-state index is -1.27. The van der Waals surface area contributed by atoms with Crippen molar-refractivity contribution in [2.45, 2.75) is 31.8 Å². The van der Waals surface area contributed by atoms with Crippen molar-refractivity contribution in [2.24, 2.45) is 0 Å². The van der Waals surface area contributed by atoms with E-state index in [4.69, 9.17) is 14.9 Å². The van der Waals surface area contributed by atoms with Crippen LogP contribution in [0.3, 0.4) is 0 Å². The summed E-state index contributed by atoms with van der Waals surface area (Å²) in [5, 5.41) is 21.9. The SMILES string of the molecule is COCC(C)NC(=O)N[C@@H](CCC(=O)O)C(=O)O. The van der Waals surface area contributed by atoms with Gasteiger partial charge in [0.2, 0.25) is 0 Å². The van der Waals surface area contributed by atoms with Crippen molar-refractivity contribution < 1.29 is 29.3 Å². The normalized spacial score (nSPS) is 13.4. The van der Waals surface area contributed by atoms with Gasteiger partial charge in [-0.1, -0.05) is 0 Å². The van der Waals surface area contributed by atoms with Crippen LogP contribution < -0.4 is 10.6 Å². The zero-order valence-electron chi connectivity index (χ0n) is 10.3. The third kappa shape index (κ3) is 7.44. The molecule has 0 bridgehead atoms. The first-order chi connectivity index (χ1) is 8.36. The molecule has 4 N–H and O–H groups in total. The highest BCUT2D eigenvalue weighted by molar-refractivity contribution is 5.83. The number of carboxylic acid groups (broad SMARTS) is 2. The molecular weight excluding hydrogens is 244 g/mol. The lowest BCUT2D eigenvalue weighted by atomic mass is 10.1. The van der Waals surface area contributed by atoms with Gasteiger partial charge >= 0.3 is 18.0 Å². The molecule has 0 fully saturated rings. The Morgan fingerprint density at radius 2 is 1.83 bits per heavy atom. The van der Waals surface area contributed by atoms with Gasteiger partial charge in [-0.3, -0.25) is 4.79 Å². The molecule has 0 rings (SSSR count). The Morgan fingerprint density at radius 1 is 1.22 bits per heavy atom. The highest BCUT2D eigenvalue weighted by Crippen LogP contribution is 1.98. The second-order valence-electron chi connectivity index (χ2n) is 3.80. The largest absolute Gasteiger partial charge is 0.481 e. The van der Waals surface area contributed by atoms with Crippen LogP contribution in [-0.2, 0) is 14.3 Å². The molecule has 104 valence electrons. The molecule has 0 saturated heterocycles. The third-order valence-electron chi connectivity index (χ3n) is 2.04. The maximum absolute atomic E-state index is 11.4. The predicted octanol–water partition coefficient (Wildman–Crippen LogP) is -0.361. The second kappa shape index (κ2) is 8.29. The lowest BCUT2D eigenvalue weighted by Gasteiger charge is -2.17. The second-order valence-corrected chi connectivity index (χ2v) is 3.80. The molecule has 0 aromatic heterocycles. The fourth-order valence-corrected chi connectivity index (χ4v) is 1.24. The summed E-state index contributed by atoms with van der Waals surface area (Å²) >= 11 is 0. The molecule has 0 aliphatic heterocycles. The van der Waals surface area contributed by atoms with Crippen LogP contribution in [0, 0.1) is 0 Å². The minimum Gasteiger partial charge on any atom is -0.481 e. The van der Waals surface area contributed by atoms with Crippen LogP contribution in [0.4, 0.5) is 4.79 Å². The fourth-order valence-electron chi connectivity index (χ4n) is 1.24. The quantitative estimate of drug-likeness (QED) is 0.473. The molecule has 0 heterocycles. The van der Waals surface area contributed by atoms with Gasteiger partial charge in [-0.25, -0.2) is 9.59 Å². The maximum Gasteiger partial charge on any atom is 0.326 e. The zero-order valence-corrected chi connectivity index (χ0v) is 10.3. The number of amides is 2. The molecule has 0 aliphatic carbocycles. The molecule has 18 heavy (non-hydrogen) atoms. The Labute approximate surface area is 104 Å². The Kier molecular flexibility index (Phi) is 7.45. The predicted molar refractivity (Wildman–Crippen MR) is 61.3 cm³/mol. The van der Waals surface area contributed by atoms with Crippen molar-refractivity contribution >= 4 is 18.0 Å². The van der Waals surface area contributed by atoms with E-state index in [0.29, 0.717) is 6.61 Å². The highest BCUT2D eigenvalue weighted by atomic mass is 16.5. The first-order valence-corrected chi connectivity index (χ1v) is 5.37. The van der Waals surface area contributed by atoms with Gasteiger partial charge in [0.1, 0.15) is 6.04 Å². The molecular formula is C10H18N2O6. The zero-order chi connectivity index (χ0) is 14.1. The van der Waals surface area contributed by atoms with Crippen LogP contribution in [0.25, 0.3) is 0 Å². The lowest BCUT2D eigenvalue weighted by Crippen LogP contribution is -2.49. The molecule has 2 amide bonds. The van der Waals surface area contributed by atoms with Gasteiger partial charge < -0.3 is 25.6 Å². The molecule has 0 aliphatic rings. The number of hydrogen-bond acceptors (Lipinski definition) is 4. The Morgan fingerprint density at radius 3 is 2.28 bits per heavy atom. The summed E-state index contributed by atoms with van der Waals surface area (Å²) in [4.78, 5) is 32.5. The molecule has 0 aromatic rings. The van der Waals surface area contributed by atoms with Crippen molar-refractivity contribution in [3.8, 4) is 0 Å². The molecule has 0 aromatic carbocycles. The van der Waals surface area contributed by atoms with Crippen molar-refractivity contribution in [3.63, 3.8) is 0 Å². The summed E-state index contributed by atoms with van der Waals surface area (Å²) in [5.41, 5.74) is 0. The van der Waals surface area contributed by atoms with Crippen LogP contribution in [-0.4, -0.2) is 54.0 Å². The average molecular weight is 262 g/mol. The van der Waals surface area contributed by atoms with Crippen molar-refractivity contribution in [1.82, 2.24) is 10.6 Å². The number of ether oxygens (including phenoxy) is 1. The van der Waals surface area contributed by atoms with Gasteiger partial charge in [0, 0.05) is 13.5 Å². The van der Waals surface area contributed by atoms with E-state index in [-0.39, 0.29) is 18.9 Å². The van der Waals surface area contributed by atoms with E-state index in [1.54, 1.807) is 6.92 Å². The van der Waals surface area contributed by atoms with Crippen LogP contribution in [0.15, 0.2) is 0 Å². The van der Waals surface area contributed by atoms with Crippen LogP contribution in [0.2, 0.25) is 0 Å². The highest BCUT2D eigenvalue weighted by Gasteiger charge is 2.21. The first kappa shape index (κ1) is 16.2. The van der Waals surface area contributed by atoms with Gasteiger partial charge in [-0.15, -0.1) is 0 Å². The van der Waals surface area contributed by atoms with Gasteiger partial charge in [-0.2, -0.15) is 0 Å². The van der Waals surface area contributed by atoms with Crippen molar-refractivity contribution in [1.29, 1.82) is 0 Å². The summed E-state index contributed by atoms with van der Waals surface area (Å²) in [6.45, 7) is 1.98. The smallest absolute Gasteiger partial charge is 0.326 e. The first-order valence-electron chi connectivity index (χ1n) is 5.37. The van der Waals surface area contributed by atoms with Gasteiger partial charge in [-0.05, 0) is 13.3 Å². The molecule has 0 radical (unpaired) electrons. The van der Waals surface area contributed by atoms with Crippen molar-refractivity contribution in [3.05, 3.63) is 0 Å². The summed E-state index contributed by atoms with van der Waals surface area (Å²) in [6, 6.07) is -2.17. The number of methoxy groups -OCH3 is 1. The lowest BCUT2D eigenvalue weighted by molar-refractivity contribution is -0.140. The number of carbonyl (C=O) groups is 3. The number of rotatable bonds is 8. The van der Waals surface area contributed by atoms with Crippen LogP contribution in [0.1, 0.15) is 19.8 Å². The topological polar surface area (TPSA) is 125 Å². The molecule has 0 saturated carbocycles. The minimum absolute atomic E-state index is 0.170. The Hall–Kier alpha value is -1.83. The monoisotopic (exact) mass is 262 g/mol. The molecule has 2 atom stereocenters. The number of nitrogens with one attached hydrogen (secondary N) is 2. The number of aliphatic carboxylic acids is 2. The van der Waals surface area contributed by atoms with E-state index in [2.05, 4.69) is 10.6 Å². The van der Waals surface area contributed by atoms with Crippen LogP contribution >= 0.6 is 0 Å². The van der Waals surface area contributed by atoms with E-state index in [0.717, 1.165) is 0 Å². The maximum atomic E-state index is 11.4. The number of carboxylic acids is 2.